The van der Waals surface area contributed by atoms with Gasteiger partial charge < -0.3 is 15.0 Å². The minimum atomic E-state index is 0.279. The van der Waals surface area contributed by atoms with Crippen molar-refractivity contribution < 1.29 is 4.74 Å². The molecule has 1 aromatic heterocycles. The van der Waals surface area contributed by atoms with Crippen LogP contribution in [0.3, 0.4) is 0 Å². The summed E-state index contributed by atoms with van der Waals surface area (Å²) < 4.78 is 6.08. The molecule has 0 unspecified atom stereocenters. The van der Waals surface area contributed by atoms with Gasteiger partial charge in [0.15, 0.2) is 5.82 Å². The topological polar surface area (TPSA) is 50.3 Å². The zero-order valence-corrected chi connectivity index (χ0v) is 11.3. The lowest BCUT2D eigenvalue weighted by molar-refractivity contribution is 0.155. The number of nitrogens with one attached hydrogen (secondary N) is 1. The van der Waals surface area contributed by atoms with Crippen LogP contribution in [0.1, 0.15) is 32.1 Å². The van der Waals surface area contributed by atoms with Gasteiger partial charge >= 0.3 is 0 Å². The van der Waals surface area contributed by atoms with Crippen molar-refractivity contribution in [1.29, 1.82) is 0 Å². The van der Waals surface area contributed by atoms with Gasteiger partial charge in [0.1, 0.15) is 6.10 Å². The molecule has 2 aliphatic heterocycles. The quantitative estimate of drug-likeness (QED) is 0.896. The summed E-state index contributed by atoms with van der Waals surface area (Å²) in [5.41, 5.74) is 0. The largest absolute Gasteiger partial charge is 0.472 e. The maximum Gasteiger partial charge on any atom is 0.257 e. The normalized spacial score (nSPS) is 21.4. The van der Waals surface area contributed by atoms with E-state index in [1.165, 1.54) is 19.3 Å². The first-order valence-corrected chi connectivity index (χ1v) is 7.37. The van der Waals surface area contributed by atoms with Gasteiger partial charge in [-0.3, -0.25) is 0 Å². The monoisotopic (exact) mass is 262 g/mol. The molecule has 2 fully saturated rings. The van der Waals surface area contributed by atoms with Crippen LogP contribution < -0.4 is 15.0 Å². The maximum atomic E-state index is 6.08. The Morgan fingerprint density at radius 2 is 1.79 bits per heavy atom. The summed E-state index contributed by atoms with van der Waals surface area (Å²) in [7, 11) is 0. The summed E-state index contributed by atoms with van der Waals surface area (Å²) in [6.07, 6.45) is 9.67. The van der Waals surface area contributed by atoms with Crippen molar-refractivity contribution in [3.8, 4) is 5.88 Å². The van der Waals surface area contributed by atoms with E-state index in [2.05, 4.69) is 20.2 Å². The zero-order chi connectivity index (χ0) is 12.9. The molecule has 19 heavy (non-hydrogen) atoms. The van der Waals surface area contributed by atoms with Crippen molar-refractivity contribution >= 4 is 5.82 Å². The Bertz CT molecular complexity index is 400. The molecule has 104 valence electrons. The highest BCUT2D eigenvalue weighted by molar-refractivity contribution is 5.48. The fourth-order valence-electron chi connectivity index (χ4n) is 2.79. The minimum absolute atomic E-state index is 0.279. The Kier molecular flexibility index (Phi) is 4.13. The van der Waals surface area contributed by atoms with Crippen molar-refractivity contribution in [1.82, 2.24) is 15.3 Å². The Morgan fingerprint density at radius 3 is 2.58 bits per heavy atom. The summed E-state index contributed by atoms with van der Waals surface area (Å²) in [5.74, 6) is 1.65. The SMILES string of the molecule is c1cnc(N2CCCCC2)c(OC2CCNCC2)n1. The van der Waals surface area contributed by atoms with E-state index < -0.39 is 0 Å². The number of hydrogen-bond donors (Lipinski definition) is 1. The number of rotatable bonds is 3. The van der Waals surface area contributed by atoms with Gasteiger partial charge in [-0.05, 0) is 45.2 Å². The van der Waals surface area contributed by atoms with E-state index in [9.17, 15) is 0 Å². The summed E-state index contributed by atoms with van der Waals surface area (Å²) in [4.78, 5) is 11.2. The fourth-order valence-corrected chi connectivity index (χ4v) is 2.79. The number of hydrogen-bond acceptors (Lipinski definition) is 5. The number of ether oxygens (including phenoxy) is 1. The Balaban J connectivity index is 1.72. The van der Waals surface area contributed by atoms with E-state index in [1.807, 2.05) is 0 Å². The molecule has 2 aliphatic rings. The molecule has 3 heterocycles. The molecule has 0 spiro atoms. The molecular formula is C14H22N4O. The average molecular weight is 262 g/mol. The van der Waals surface area contributed by atoms with E-state index in [0.29, 0.717) is 0 Å². The highest BCUT2D eigenvalue weighted by Gasteiger charge is 2.21. The predicted molar refractivity (Wildman–Crippen MR) is 74.6 cm³/mol. The van der Waals surface area contributed by atoms with Gasteiger partial charge in [-0.1, -0.05) is 0 Å². The Labute approximate surface area is 114 Å². The molecule has 5 nitrogen and oxygen atoms in total. The molecule has 1 N–H and O–H groups in total. The Hall–Kier alpha value is -1.36. The molecule has 3 rings (SSSR count). The molecule has 0 atom stereocenters. The summed E-state index contributed by atoms with van der Waals surface area (Å²) in [6, 6.07) is 0. The van der Waals surface area contributed by atoms with Crippen LogP contribution in [0.2, 0.25) is 0 Å². The first-order valence-electron chi connectivity index (χ1n) is 7.37. The highest BCUT2D eigenvalue weighted by atomic mass is 16.5. The van der Waals surface area contributed by atoms with Gasteiger partial charge in [0.2, 0.25) is 0 Å². The lowest BCUT2D eigenvalue weighted by Gasteiger charge is -2.30. The number of piperidine rings is 2. The van der Waals surface area contributed by atoms with Crippen molar-refractivity contribution in [2.75, 3.05) is 31.1 Å². The fraction of sp³-hybridized carbons (Fsp3) is 0.714. The lowest BCUT2D eigenvalue weighted by Crippen LogP contribution is -2.35. The highest BCUT2D eigenvalue weighted by Crippen LogP contribution is 2.27. The molecule has 0 saturated carbocycles. The van der Waals surface area contributed by atoms with E-state index in [1.54, 1.807) is 12.4 Å². The molecule has 0 aromatic carbocycles. The molecule has 0 bridgehead atoms. The second-order valence-corrected chi connectivity index (χ2v) is 5.30. The van der Waals surface area contributed by atoms with Crippen molar-refractivity contribution in [2.45, 2.75) is 38.2 Å². The van der Waals surface area contributed by atoms with Crippen LogP contribution in [0.4, 0.5) is 5.82 Å². The van der Waals surface area contributed by atoms with Crippen molar-refractivity contribution in [3.63, 3.8) is 0 Å². The molecule has 1 aromatic rings. The molecule has 5 heteroatoms. The van der Waals surface area contributed by atoms with Crippen molar-refractivity contribution in [3.05, 3.63) is 12.4 Å². The lowest BCUT2D eigenvalue weighted by atomic mass is 10.1. The van der Waals surface area contributed by atoms with Crippen LogP contribution in [-0.2, 0) is 0 Å². The van der Waals surface area contributed by atoms with Gasteiger partial charge in [-0.15, -0.1) is 0 Å². The van der Waals surface area contributed by atoms with E-state index in [-0.39, 0.29) is 6.10 Å². The summed E-state index contributed by atoms with van der Waals surface area (Å²) in [6.45, 7) is 4.20. The zero-order valence-electron chi connectivity index (χ0n) is 11.3. The molecule has 0 radical (unpaired) electrons. The van der Waals surface area contributed by atoms with Gasteiger partial charge in [0.05, 0.1) is 0 Å². The third-order valence-electron chi connectivity index (χ3n) is 3.87. The molecule has 0 aliphatic carbocycles. The number of nitrogens with zero attached hydrogens (tertiary/aromatic N) is 3. The van der Waals surface area contributed by atoms with E-state index in [0.717, 1.165) is 50.7 Å². The third-order valence-corrected chi connectivity index (χ3v) is 3.87. The van der Waals surface area contributed by atoms with E-state index in [4.69, 9.17) is 4.74 Å². The van der Waals surface area contributed by atoms with Crippen LogP contribution in [0, 0.1) is 0 Å². The van der Waals surface area contributed by atoms with Crippen LogP contribution in [0.15, 0.2) is 12.4 Å². The maximum absolute atomic E-state index is 6.08. The molecule has 2 saturated heterocycles. The van der Waals surface area contributed by atoms with Crippen LogP contribution in [0.5, 0.6) is 5.88 Å². The third kappa shape index (κ3) is 3.15. The first kappa shape index (κ1) is 12.7. The smallest absolute Gasteiger partial charge is 0.257 e. The Morgan fingerprint density at radius 1 is 1.05 bits per heavy atom. The van der Waals surface area contributed by atoms with Gasteiger partial charge in [0, 0.05) is 25.5 Å². The number of anilines is 1. The molecule has 0 amide bonds. The van der Waals surface area contributed by atoms with Gasteiger partial charge in [-0.2, -0.15) is 0 Å². The van der Waals surface area contributed by atoms with Crippen LogP contribution in [0.25, 0.3) is 0 Å². The summed E-state index contributed by atoms with van der Waals surface area (Å²) >= 11 is 0. The van der Waals surface area contributed by atoms with Crippen LogP contribution in [-0.4, -0.2) is 42.3 Å². The van der Waals surface area contributed by atoms with Crippen molar-refractivity contribution in [2.24, 2.45) is 0 Å². The first-order chi connectivity index (χ1) is 9.43. The summed E-state index contributed by atoms with van der Waals surface area (Å²) in [5, 5.41) is 3.35. The number of aromatic nitrogens is 2. The van der Waals surface area contributed by atoms with Crippen LogP contribution >= 0.6 is 0 Å². The van der Waals surface area contributed by atoms with E-state index >= 15 is 0 Å². The second-order valence-electron chi connectivity index (χ2n) is 5.30. The molecular weight excluding hydrogens is 240 g/mol. The van der Waals surface area contributed by atoms with Gasteiger partial charge in [-0.25, -0.2) is 9.97 Å². The van der Waals surface area contributed by atoms with Gasteiger partial charge in [0.25, 0.3) is 5.88 Å². The standard InChI is InChI=1S/C14H22N4O/c1-2-10-18(11-3-1)13-14(17-9-8-16-13)19-12-4-6-15-7-5-12/h8-9,12,15H,1-7,10-11H2. The second kappa shape index (κ2) is 6.19. The average Bonchev–Trinajstić information content (AvgIpc) is 2.50. The minimum Gasteiger partial charge on any atom is -0.472 e. The predicted octanol–water partition coefficient (Wildman–Crippen LogP) is 1.60.